The highest BCUT2D eigenvalue weighted by atomic mass is 16.6. The van der Waals surface area contributed by atoms with Gasteiger partial charge in [0.15, 0.2) is 0 Å². The van der Waals surface area contributed by atoms with E-state index in [1.165, 1.54) is 0 Å². The van der Waals surface area contributed by atoms with Crippen molar-refractivity contribution in [3.8, 4) is 0 Å². The summed E-state index contributed by atoms with van der Waals surface area (Å²) in [6, 6.07) is 0. The molecule has 16 heavy (non-hydrogen) atoms. The fourth-order valence-corrected chi connectivity index (χ4v) is 0.930. The Labute approximate surface area is 97.7 Å². The van der Waals surface area contributed by atoms with Gasteiger partial charge in [0.25, 0.3) is 0 Å². The van der Waals surface area contributed by atoms with Crippen LogP contribution in [-0.4, -0.2) is 24.0 Å². The number of nitrogens with one attached hydrogen (secondary N) is 1. The van der Waals surface area contributed by atoms with E-state index in [0.717, 1.165) is 6.42 Å². The van der Waals surface area contributed by atoms with Gasteiger partial charge in [0.05, 0.1) is 0 Å². The van der Waals surface area contributed by atoms with Crippen molar-refractivity contribution < 1.29 is 14.3 Å². The van der Waals surface area contributed by atoms with Gasteiger partial charge in [0.1, 0.15) is 12.1 Å². The van der Waals surface area contributed by atoms with Gasteiger partial charge < -0.3 is 10.1 Å². The summed E-state index contributed by atoms with van der Waals surface area (Å²) in [4.78, 5) is 23.0. The standard InChI is InChI=1S/C12H23NO3/c1-7-12(5,6)10(15)13-8-9(14)16-11(2,3)4/h7-8H2,1-6H3,(H,13,15). The second-order valence-corrected chi connectivity index (χ2v) is 5.51. The molecule has 1 N–H and O–H groups in total. The van der Waals surface area contributed by atoms with Crippen LogP contribution in [0.3, 0.4) is 0 Å². The van der Waals surface area contributed by atoms with E-state index in [4.69, 9.17) is 4.74 Å². The zero-order valence-electron chi connectivity index (χ0n) is 11.1. The van der Waals surface area contributed by atoms with Crippen LogP contribution in [0.5, 0.6) is 0 Å². The van der Waals surface area contributed by atoms with E-state index >= 15 is 0 Å². The molecule has 0 saturated carbocycles. The number of carbonyl (C=O) groups excluding carboxylic acids is 2. The molecule has 0 spiro atoms. The lowest BCUT2D eigenvalue weighted by Gasteiger charge is -2.23. The fraction of sp³-hybridized carbons (Fsp3) is 0.833. The smallest absolute Gasteiger partial charge is 0.325 e. The predicted molar refractivity (Wildman–Crippen MR) is 62.9 cm³/mol. The maximum absolute atomic E-state index is 11.6. The molecule has 0 bridgehead atoms. The second-order valence-electron chi connectivity index (χ2n) is 5.51. The quantitative estimate of drug-likeness (QED) is 0.749. The third-order valence-electron chi connectivity index (χ3n) is 2.31. The van der Waals surface area contributed by atoms with Gasteiger partial charge in [0.2, 0.25) is 5.91 Å². The van der Waals surface area contributed by atoms with Crippen molar-refractivity contribution in [2.24, 2.45) is 5.41 Å². The lowest BCUT2D eigenvalue weighted by molar-refractivity contribution is -0.155. The first-order chi connectivity index (χ1) is 7.08. The Hall–Kier alpha value is -1.06. The molecule has 1 amide bonds. The Morgan fingerprint density at radius 1 is 1.12 bits per heavy atom. The number of esters is 1. The van der Waals surface area contributed by atoms with Gasteiger partial charge >= 0.3 is 5.97 Å². The molecule has 0 rings (SSSR count). The molecule has 0 aliphatic heterocycles. The summed E-state index contributed by atoms with van der Waals surface area (Å²) in [5.74, 6) is -0.534. The van der Waals surface area contributed by atoms with Gasteiger partial charge in [-0.05, 0) is 27.2 Å². The molecule has 0 aliphatic carbocycles. The lowest BCUT2D eigenvalue weighted by atomic mass is 9.89. The first-order valence-corrected chi connectivity index (χ1v) is 5.58. The first kappa shape index (κ1) is 14.9. The zero-order chi connectivity index (χ0) is 13.0. The number of carbonyl (C=O) groups is 2. The van der Waals surface area contributed by atoms with E-state index in [9.17, 15) is 9.59 Å². The maximum atomic E-state index is 11.6. The third-order valence-corrected chi connectivity index (χ3v) is 2.31. The summed E-state index contributed by atoms with van der Waals surface area (Å²) in [5, 5.41) is 2.58. The topological polar surface area (TPSA) is 55.4 Å². The number of hydrogen-bond donors (Lipinski definition) is 1. The van der Waals surface area contributed by atoms with Crippen LogP contribution in [0, 0.1) is 5.41 Å². The summed E-state index contributed by atoms with van der Waals surface area (Å²) in [5.41, 5.74) is -0.954. The highest BCUT2D eigenvalue weighted by molar-refractivity contribution is 5.85. The zero-order valence-corrected chi connectivity index (χ0v) is 11.1. The van der Waals surface area contributed by atoms with Crippen LogP contribution in [0.1, 0.15) is 48.0 Å². The maximum Gasteiger partial charge on any atom is 0.325 e. The molecule has 0 heterocycles. The van der Waals surface area contributed by atoms with Crippen LogP contribution in [0.15, 0.2) is 0 Å². The number of hydrogen-bond acceptors (Lipinski definition) is 3. The molecule has 0 aromatic heterocycles. The molecular weight excluding hydrogens is 206 g/mol. The molecule has 0 fully saturated rings. The Balaban J connectivity index is 4.08. The summed E-state index contributed by atoms with van der Waals surface area (Å²) < 4.78 is 5.08. The highest BCUT2D eigenvalue weighted by Gasteiger charge is 2.26. The minimum Gasteiger partial charge on any atom is -0.459 e. The number of rotatable bonds is 4. The molecule has 0 aromatic carbocycles. The molecule has 0 radical (unpaired) electrons. The molecule has 0 aromatic rings. The first-order valence-electron chi connectivity index (χ1n) is 5.58. The summed E-state index contributed by atoms with van der Waals surface area (Å²) >= 11 is 0. The Morgan fingerprint density at radius 3 is 2.00 bits per heavy atom. The molecule has 94 valence electrons. The normalized spacial score (nSPS) is 12.1. The van der Waals surface area contributed by atoms with Crippen molar-refractivity contribution in [2.75, 3.05) is 6.54 Å². The van der Waals surface area contributed by atoms with Crippen molar-refractivity contribution in [2.45, 2.75) is 53.6 Å². The van der Waals surface area contributed by atoms with E-state index in [1.54, 1.807) is 20.8 Å². The Bertz CT molecular complexity index is 264. The molecular formula is C12H23NO3. The van der Waals surface area contributed by atoms with Crippen LogP contribution in [-0.2, 0) is 14.3 Å². The van der Waals surface area contributed by atoms with Crippen LogP contribution in [0.2, 0.25) is 0 Å². The van der Waals surface area contributed by atoms with Crippen LogP contribution in [0.4, 0.5) is 0 Å². The van der Waals surface area contributed by atoms with Crippen molar-refractivity contribution in [3.05, 3.63) is 0 Å². The molecule has 4 nitrogen and oxygen atoms in total. The van der Waals surface area contributed by atoms with Crippen LogP contribution < -0.4 is 5.32 Å². The van der Waals surface area contributed by atoms with Gasteiger partial charge in [-0.25, -0.2) is 0 Å². The van der Waals surface area contributed by atoms with Gasteiger partial charge in [-0.1, -0.05) is 20.8 Å². The van der Waals surface area contributed by atoms with Gasteiger partial charge in [0, 0.05) is 5.41 Å². The van der Waals surface area contributed by atoms with Gasteiger partial charge in [-0.3, -0.25) is 9.59 Å². The largest absolute Gasteiger partial charge is 0.459 e. The van der Waals surface area contributed by atoms with Crippen molar-refractivity contribution >= 4 is 11.9 Å². The third kappa shape index (κ3) is 5.73. The Morgan fingerprint density at radius 2 is 1.62 bits per heavy atom. The SMILES string of the molecule is CCC(C)(C)C(=O)NCC(=O)OC(C)(C)C. The predicted octanol–water partition coefficient (Wildman–Crippen LogP) is 1.88. The second kappa shape index (κ2) is 5.32. The van der Waals surface area contributed by atoms with Gasteiger partial charge in [-0.2, -0.15) is 0 Å². The fourth-order valence-electron chi connectivity index (χ4n) is 0.930. The van der Waals surface area contributed by atoms with Crippen LogP contribution in [0.25, 0.3) is 0 Å². The van der Waals surface area contributed by atoms with Crippen molar-refractivity contribution in [1.29, 1.82) is 0 Å². The Kier molecular flexibility index (Phi) is 4.97. The average Bonchev–Trinajstić information content (AvgIpc) is 2.11. The molecule has 0 aliphatic rings. The van der Waals surface area contributed by atoms with Crippen LogP contribution >= 0.6 is 0 Å². The van der Waals surface area contributed by atoms with Crippen molar-refractivity contribution in [3.63, 3.8) is 0 Å². The minimum absolute atomic E-state index is 0.0699. The van der Waals surface area contributed by atoms with E-state index in [1.807, 2.05) is 20.8 Å². The number of amides is 1. The monoisotopic (exact) mass is 229 g/mol. The van der Waals surface area contributed by atoms with E-state index < -0.39 is 17.0 Å². The molecule has 0 unspecified atom stereocenters. The number of ether oxygens (including phenoxy) is 1. The van der Waals surface area contributed by atoms with Gasteiger partial charge in [-0.15, -0.1) is 0 Å². The summed E-state index contributed by atoms with van der Waals surface area (Å²) in [6.45, 7) is 10.9. The van der Waals surface area contributed by atoms with Crippen molar-refractivity contribution in [1.82, 2.24) is 5.32 Å². The van der Waals surface area contributed by atoms with E-state index in [2.05, 4.69) is 5.32 Å². The van der Waals surface area contributed by atoms with E-state index in [-0.39, 0.29) is 12.5 Å². The molecule has 0 saturated heterocycles. The average molecular weight is 229 g/mol. The highest BCUT2D eigenvalue weighted by Crippen LogP contribution is 2.19. The summed E-state index contributed by atoms with van der Waals surface area (Å²) in [7, 11) is 0. The molecule has 0 atom stereocenters. The summed E-state index contributed by atoms with van der Waals surface area (Å²) in [6.07, 6.45) is 0.729. The molecule has 4 heteroatoms. The minimum atomic E-state index is -0.512. The van der Waals surface area contributed by atoms with E-state index in [0.29, 0.717) is 0 Å². The lowest BCUT2D eigenvalue weighted by Crippen LogP contribution is -2.41.